The van der Waals surface area contributed by atoms with Crippen LogP contribution >= 0.6 is 0 Å². The number of nitrogens with one attached hydrogen (secondary N) is 1. The summed E-state index contributed by atoms with van der Waals surface area (Å²) in [7, 11) is 1.58. The molecule has 0 saturated heterocycles. The molecule has 1 amide bonds. The molecule has 1 heterocycles. The first-order chi connectivity index (χ1) is 10.5. The number of carbonyl (C=O) groups is 2. The van der Waals surface area contributed by atoms with Gasteiger partial charge < -0.3 is 15.0 Å². The molecule has 1 aromatic carbocycles. The van der Waals surface area contributed by atoms with Crippen molar-refractivity contribution in [2.24, 2.45) is 7.05 Å². The fourth-order valence-corrected chi connectivity index (χ4v) is 1.94. The SMILES string of the molecule is Cn1cc(C(=O)Nc2ccc(CCC(=O)O)cc2)ccc1=O. The summed E-state index contributed by atoms with van der Waals surface area (Å²) < 4.78 is 1.34. The van der Waals surface area contributed by atoms with Gasteiger partial charge in [0.1, 0.15) is 0 Å². The topological polar surface area (TPSA) is 88.4 Å². The summed E-state index contributed by atoms with van der Waals surface area (Å²) in [6.07, 6.45) is 1.99. The van der Waals surface area contributed by atoms with Crippen LogP contribution in [-0.2, 0) is 18.3 Å². The molecule has 0 bridgehead atoms. The quantitative estimate of drug-likeness (QED) is 0.879. The zero-order chi connectivity index (χ0) is 16.1. The normalized spacial score (nSPS) is 10.2. The van der Waals surface area contributed by atoms with Crippen molar-refractivity contribution in [1.29, 1.82) is 0 Å². The molecule has 0 unspecified atom stereocenters. The van der Waals surface area contributed by atoms with E-state index in [0.717, 1.165) is 5.56 Å². The number of benzene rings is 1. The molecule has 0 saturated carbocycles. The van der Waals surface area contributed by atoms with Crippen LogP contribution in [0.15, 0.2) is 47.4 Å². The van der Waals surface area contributed by atoms with Crippen LogP contribution in [0, 0.1) is 0 Å². The molecule has 114 valence electrons. The van der Waals surface area contributed by atoms with Crippen LogP contribution in [0.1, 0.15) is 22.3 Å². The van der Waals surface area contributed by atoms with Gasteiger partial charge in [-0.05, 0) is 30.2 Å². The lowest BCUT2D eigenvalue weighted by molar-refractivity contribution is -0.136. The maximum atomic E-state index is 12.1. The van der Waals surface area contributed by atoms with Crippen molar-refractivity contribution < 1.29 is 14.7 Å². The first-order valence-corrected chi connectivity index (χ1v) is 6.74. The number of rotatable bonds is 5. The fourth-order valence-electron chi connectivity index (χ4n) is 1.94. The molecule has 0 fully saturated rings. The number of carbonyl (C=O) groups excluding carboxylic acids is 1. The minimum Gasteiger partial charge on any atom is -0.481 e. The average molecular weight is 300 g/mol. The van der Waals surface area contributed by atoms with E-state index in [4.69, 9.17) is 5.11 Å². The number of aryl methyl sites for hydroxylation is 2. The minimum atomic E-state index is -0.841. The third-order valence-electron chi connectivity index (χ3n) is 3.19. The Bertz CT molecular complexity index is 747. The Labute approximate surface area is 127 Å². The van der Waals surface area contributed by atoms with Gasteiger partial charge in [0.15, 0.2) is 0 Å². The maximum Gasteiger partial charge on any atom is 0.303 e. The van der Waals surface area contributed by atoms with E-state index in [9.17, 15) is 14.4 Å². The third kappa shape index (κ3) is 4.05. The molecule has 0 aliphatic rings. The highest BCUT2D eigenvalue weighted by Crippen LogP contribution is 2.12. The molecule has 0 radical (unpaired) electrons. The molecular weight excluding hydrogens is 284 g/mol. The first kappa shape index (κ1) is 15.5. The summed E-state index contributed by atoms with van der Waals surface area (Å²) in [5.41, 5.74) is 1.71. The van der Waals surface area contributed by atoms with Crippen molar-refractivity contribution in [2.45, 2.75) is 12.8 Å². The van der Waals surface area contributed by atoms with Crippen molar-refractivity contribution >= 4 is 17.6 Å². The summed E-state index contributed by atoms with van der Waals surface area (Å²) in [6.45, 7) is 0. The number of carboxylic acid groups (broad SMARTS) is 1. The Morgan fingerprint density at radius 1 is 1.14 bits per heavy atom. The van der Waals surface area contributed by atoms with Crippen molar-refractivity contribution in [2.75, 3.05) is 5.32 Å². The van der Waals surface area contributed by atoms with Gasteiger partial charge in [-0.2, -0.15) is 0 Å². The van der Waals surface area contributed by atoms with Gasteiger partial charge in [-0.15, -0.1) is 0 Å². The second kappa shape index (κ2) is 6.71. The van der Waals surface area contributed by atoms with E-state index in [-0.39, 0.29) is 17.9 Å². The summed E-state index contributed by atoms with van der Waals surface area (Å²) in [5.74, 6) is -1.15. The smallest absolute Gasteiger partial charge is 0.303 e. The van der Waals surface area contributed by atoms with Gasteiger partial charge >= 0.3 is 5.97 Å². The van der Waals surface area contributed by atoms with E-state index in [1.807, 2.05) is 0 Å². The Balaban J connectivity index is 2.03. The van der Waals surface area contributed by atoms with Gasteiger partial charge in [-0.25, -0.2) is 0 Å². The number of carboxylic acids is 1. The molecule has 2 N–H and O–H groups in total. The number of amides is 1. The molecular formula is C16H16N2O4. The molecule has 6 nitrogen and oxygen atoms in total. The molecule has 2 rings (SSSR count). The van der Waals surface area contributed by atoms with E-state index in [0.29, 0.717) is 17.7 Å². The highest BCUT2D eigenvalue weighted by Gasteiger charge is 2.07. The van der Waals surface area contributed by atoms with Gasteiger partial charge in [0.05, 0.1) is 5.56 Å². The molecule has 0 spiro atoms. The van der Waals surface area contributed by atoms with Crippen molar-refractivity contribution in [3.8, 4) is 0 Å². The Morgan fingerprint density at radius 3 is 2.41 bits per heavy atom. The van der Waals surface area contributed by atoms with Gasteiger partial charge in [-0.1, -0.05) is 12.1 Å². The predicted molar refractivity (Wildman–Crippen MR) is 82.0 cm³/mol. The largest absolute Gasteiger partial charge is 0.481 e. The highest BCUT2D eigenvalue weighted by molar-refractivity contribution is 6.04. The number of aromatic nitrogens is 1. The van der Waals surface area contributed by atoms with Crippen LogP contribution in [0.2, 0.25) is 0 Å². The van der Waals surface area contributed by atoms with E-state index < -0.39 is 5.97 Å². The molecule has 0 aliphatic heterocycles. The maximum absolute atomic E-state index is 12.1. The van der Waals surface area contributed by atoms with E-state index in [2.05, 4.69) is 5.32 Å². The number of anilines is 1. The predicted octanol–water partition coefficient (Wildman–Crippen LogP) is 1.65. The number of pyridine rings is 1. The standard InChI is InChI=1S/C16H16N2O4/c1-18-10-12(5-8-14(18)19)16(22)17-13-6-2-11(3-7-13)4-9-15(20)21/h2-3,5-8,10H,4,9H2,1H3,(H,17,22)(H,20,21). The molecule has 6 heteroatoms. The van der Waals surface area contributed by atoms with Gasteiger partial charge in [-0.3, -0.25) is 14.4 Å². The molecule has 0 aliphatic carbocycles. The summed E-state index contributed by atoms with van der Waals surface area (Å²) in [6, 6.07) is 9.80. The lowest BCUT2D eigenvalue weighted by Gasteiger charge is -2.07. The van der Waals surface area contributed by atoms with E-state index >= 15 is 0 Å². The van der Waals surface area contributed by atoms with Crippen molar-refractivity contribution in [3.63, 3.8) is 0 Å². The van der Waals surface area contributed by atoms with Gasteiger partial charge in [0.2, 0.25) is 5.56 Å². The third-order valence-corrected chi connectivity index (χ3v) is 3.19. The molecule has 1 aromatic heterocycles. The van der Waals surface area contributed by atoms with Crippen molar-refractivity contribution in [3.05, 3.63) is 64.1 Å². The highest BCUT2D eigenvalue weighted by atomic mass is 16.4. The first-order valence-electron chi connectivity index (χ1n) is 6.74. The van der Waals surface area contributed by atoms with Gasteiger partial charge in [0.25, 0.3) is 5.91 Å². The van der Waals surface area contributed by atoms with E-state index in [1.54, 1.807) is 31.3 Å². The Morgan fingerprint density at radius 2 is 1.82 bits per heavy atom. The second-order valence-electron chi connectivity index (χ2n) is 4.91. The average Bonchev–Trinajstić information content (AvgIpc) is 2.49. The van der Waals surface area contributed by atoms with Crippen LogP contribution in [0.25, 0.3) is 0 Å². The van der Waals surface area contributed by atoms with Crippen molar-refractivity contribution in [1.82, 2.24) is 4.57 Å². The Kier molecular flexibility index (Phi) is 4.73. The molecule has 0 atom stereocenters. The second-order valence-corrected chi connectivity index (χ2v) is 4.91. The lowest BCUT2D eigenvalue weighted by Crippen LogP contribution is -2.19. The number of aliphatic carboxylic acids is 1. The van der Waals surface area contributed by atoms with Crippen LogP contribution in [-0.4, -0.2) is 21.6 Å². The summed E-state index contributed by atoms with van der Waals surface area (Å²) in [4.78, 5) is 33.9. The molecule has 22 heavy (non-hydrogen) atoms. The number of nitrogens with zero attached hydrogens (tertiary/aromatic N) is 1. The Hall–Kier alpha value is -2.89. The van der Waals surface area contributed by atoms with Gasteiger partial charge in [0, 0.05) is 31.4 Å². The zero-order valence-electron chi connectivity index (χ0n) is 12.1. The fraction of sp³-hybridized carbons (Fsp3) is 0.188. The summed E-state index contributed by atoms with van der Waals surface area (Å²) >= 11 is 0. The van der Waals surface area contributed by atoms with Crippen LogP contribution < -0.4 is 10.9 Å². The number of hydrogen-bond donors (Lipinski definition) is 2. The van der Waals surface area contributed by atoms with Crippen LogP contribution in [0.4, 0.5) is 5.69 Å². The number of hydrogen-bond acceptors (Lipinski definition) is 3. The van der Waals surface area contributed by atoms with Crippen LogP contribution in [0.3, 0.4) is 0 Å². The van der Waals surface area contributed by atoms with E-state index in [1.165, 1.54) is 22.9 Å². The monoisotopic (exact) mass is 300 g/mol. The van der Waals surface area contributed by atoms with Crippen LogP contribution in [0.5, 0.6) is 0 Å². The molecule has 2 aromatic rings. The zero-order valence-corrected chi connectivity index (χ0v) is 12.1. The lowest BCUT2D eigenvalue weighted by atomic mass is 10.1. The summed E-state index contributed by atoms with van der Waals surface area (Å²) in [5, 5.41) is 11.4. The minimum absolute atomic E-state index is 0.0732.